The first kappa shape index (κ1) is 15.5. The Kier molecular flexibility index (Phi) is 6.01. The lowest BCUT2D eigenvalue weighted by atomic mass is 9.98. The van der Waals surface area contributed by atoms with Crippen LogP contribution in [-0.4, -0.2) is 29.7 Å². The highest BCUT2D eigenvalue weighted by molar-refractivity contribution is 7.10. The summed E-state index contributed by atoms with van der Waals surface area (Å²) in [6, 6.07) is 4.80. The standard InChI is InChI=1S/C15H24N2O2S/c1-11(9-12-5-2-3-7-16-12)17-13(10-15(18)19)14-6-4-8-20-14/h4,6,8,11-13,16-17H,2-3,5,7,9-10H2,1H3,(H,18,19). The van der Waals surface area contributed by atoms with Crippen LogP contribution in [0, 0.1) is 0 Å². The second-order valence-corrected chi connectivity index (χ2v) is 6.60. The number of carbonyl (C=O) groups is 1. The number of carboxylic acid groups (broad SMARTS) is 1. The van der Waals surface area contributed by atoms with Gasteiger partial charge in [-0.3, -0.25) is 4.79 Å². The maximum absolute atomic E-state index is 11.0. The molecule has 1 fully saturated rings. The van der Waals surface area contributed by atoms with Gasteiger partial charge in [-0.2, -0.15) is 0 Å². The van der Waals surface area contributed by atoms with Gasteiger partial charge in [0.25, 0.3) is 0 Å². The van der Waals surface area contributed by atoms with Gasteiger partial charge in [-0.15, -0.1) is 11.3 Å². The summed E-state index contributed by atoms with van der Waals surface area (Å²) >= 11 is 1.62. The summed E-state index contributed by atoms with van der Waals surface area (Å²) in [5.41, 5.74) is 0. The molecule has 20 heavy (non-hydrogen) atoms. The van der Waals surface area contributed by atoms with E-state index in [0.29, 0.717) is 12.1 Å². The molecule has 3 atom stereocenters. The van der Waals surface area contributed by atoms with Crippen molar-refractivity contribution >= 4 is 17.3 Å². The van der Waals surface area contributed by atoms with E-state index >= 15 is 0 Å². The molecule has 1 aromatic heterocycles. The van der Waals surface area contributed by atoms with Crippen LogP contribution in [0.15, 0.2) is 17.5 Å². The summed E-state index contributed by atoms with van der Waals surface area (Å²) in [4.78, 5) is 12.1. The lowest BCUT2D eigenvalue weighted by Crippen LogP contribution is -2.41. The van der Waals surface area contributed by atoms with Crippen molar-refractivity contribution in [2.45, 2.75) is 57.2 Å². The third kappa shape index (κ3) is 4.89. The highest BCUT2D eigenvalue weighted by atomic mass is 32.1. The predicted molar refractivity (Wildman–Crippen MR) is 82.2 cm³/mol. The Bertz CT molecular complexity index is 402. The molecular formula is C15H24N2O2S. The molecule has 2 heterocycles. The number of aliphatic carboxylic acids is 1. The third-order valence-corrected chi connectivity index (χ3v) is 4.79. The van der Waals surface area contributed by atoms with Crippen LogP contribution in [0.2, 0.25) is 0 Å². The van der Waals surface area contributed by atoms with E-state index in [9.17, 15) is 4.79 Å². The highest BCUT2D eigenvalue weighted by Gasteiger charge is 2.21. The fourth-order valence-electron chi connectivity index (χ4n) is 2.87. The second kappa shape index (κ2) is 7.76. The van der Waals surface area contributed by atoms with Crippen LogP contribution in [0.1, 0.15) is 49.9 Å². The van der Waals surface area contributed by atoms with Crippen molar-refractivity contribution in [1.82, 2.24) is 10.6 Å². The SMILES string of the molecule is CC(CC1CCCCN1)NC(CC(=O)O)c1cccs1. The smallest absolute Gasteiger partial charge is 0.305 e. The molecule has 4 nitrogen and oxygen atoms in total. The number of thiophene rings is 1. The van der Waals surface area contributed by atoms with E-state index in [1.54, 1.807) is 11.3 Å². The Morgan fingerprint density at radius 3 is 3.05 bits per heavy atom. The monoisotopic (exact) mass is 296 g/mol. The average molecular weight is 296 g/mol. The molecule has 1 aliphatic rings. The minimum absolute atomic E-state index is 0.0777. The Labute approximate surface area is 124 Å². The van der Waals surface area contributed by atoms with Crippen LogP contribution >= 0.6 is 11.3 Å². The molecule has 3 N–H and O–H groups in total. The van der Waals surface area contributed by atoms with Crippen molar-refractivity contribution in [2.75, 3.05) is 6.54 Å². The van der Waals surface area contributed by atoms with E-state index in [1.807, 2.05) is 17.5 Å². The van der Waals surface area contributed by atoms with Crippen LogP contribution in [-0.2, 0) is 4.79 Å². The van der Waals surface area contributed by atoms with E-state index in [1.165, 1.54) is 19.3 Å². The third-order valence-electron chi connectivity index (χ3n) is 3.80. The molecule has 0 saturated carbocycles. The summed E-state index contributed by atoms with van der Waals surface area (Å²) < 4.78 is 0. The normalized spacial score (nSPS) is 22.4. The zero-order valence-corrected chi connectivity index (χ0v) is 12.8. The summed E-state index contributed by atoms with van der Waals surface area (Å²) in [5, 5.41) is 18.1. The van der Waals surface area contributed by atoms with Crippen molar-refractivity contribution in [1.29, 1.82) is 0 Å². The lowest BCUT2D eigenvalue weighted by molar-refractivity contribution is -0.137. The Morgan fingerprint density at radius 1 is 1.60 bits per heavy atom. The zero-order chi connectivity index (χ0) is 14.4. The number of hydrogen-bond donors (Lipinski definition) is 3. The van der Waals surface area contributed by atoms with Crippen LogP contribution in [0.3, 0.4) is 0 Å². The van der Waals surface area contributed by atoms with E-state index < -0.39 is 5.97 Å². The van der Waals surface area contributed by atoms with Gasteiger partial charge >= 0.3 is 5.97 Å². The molecule has 5 heteroatoms. The molecule has 2 rings (SSSR count). The van der Waals surface area contributed by atoms with Crippen molar-refractivity contribution in [3.8, 4) is 0 Å². The van der Waals surface area contributed by atoms with Gasteiger partial charge in [0.15, 0.2) is 0 Å². The summed E-state index contributed by atoms with van der Waals surface area (Å²) in [5.74, 6) is -0.751. The molecule has 0 aromatic carbocycles. The molecule has 0 radical (unpaired) electrons. The van der Waals surface area contributed by atoms with E-state index in [-0.39, 0.29) is 12.5 Å². The van der Waals surface area contributed by atoms with Gasteiger partial charge in [-0.1, -0.05) is 12.5 Å². The Hall–Kier alpha value is -0.910. The van der Waals surface area contributed by atoms with Crippen LogP contribution in [0.25, 0.3) is 0 Å². The molecule has 0 spiro atoms. The molecule has 0 aliphatic carbocycles. The summed E-state index contributed by atoms with van der Waals surface area (Å²) in [7, 11) is 0. The van der Waals surface area contributed by atoms with E-state index in [2.05, 4.69) is 17.6 Å². The molecule has 1 aliphatic heterocycles. The molecular weight excluding hydrogens is 272 g/mol. The van der Waals surface area contributed by atoms with Crippen LogP contribution < -0.4 is 10.6 Å². The van der Waals surface area contributed by atoms with Crippen LogP contribution in [0.5, 0.6) is 0 Å². The first-order valence-corrected chi connectivity index (χ1v) is 8.27. The van der Waals surface area contributed by atoms with Crippen LogP contribution in [0.4, 0.5) is 0 Å². The summed E-state index contributed by atoms with van der Waals surface area (Å²) in [6.45, 7) is 3.26. The quantitative estimate of drug-likeness (QED) is 0.724. The second-order valence-electron chi connectivity index (χ2n) is 5.62. The molecule has 0 bridgehead atoms. The molecule has 3 unspecified atom stereocenters. The fourth-order valence-corrected chi connectivity index (χ4v) is 3.66. The van der Waals surface area contributed by atoms with E-state index in [0.717, 1.165) is 17.8 Å². The number of carboxylic acids is 1. The largest absolute Gasteiger partial charge is 0.481 e. The van der Waals surface area contributed by atoms with Gasteiger partial charge in [0.2, 0.25) is 0 Å². The van der Waals surface area contributed by atoms with Gasteiger partial charge in [-0.25, -0.2) is 0 Å². The molecule has 0 amide bonds. The Morgan fingerprint density at radius 2 is 2.45 bits per heavy atom. The Balaban J connectivity index is 1.87. The summed E-state index contributed by atoms with van der Waals surface area (Å²) in [6.07, 6.45) is 5.00. The minimum Gasteiger partial charge on any atom is -0.481 e. The molecule has 1 saturated heterocycles. The first-order chi connectivity index (χ1) is 9.65. The van der Waals surface area contributed by atoms with Gasteiger partial charge in [0.05, 0.1) is 12.5 Å². The zero-order valence-electron chi connectivity index (χ0n) is 12.0. The van der Waals surface area contributed by atoms with Gasteiger partial charge in [0.1, 0.15) is 0 Å². The number of hydrogen-bond acceptors (Lipinski definition) is 4. The van der Waals surface area contributed by atoms with Crippen molar-refractivity contribution < 1.29 is 9.90 Å². The van der Waals surface area contributed by atoms with Crippen molar-refractivity contribution in [2.24, 2.45) is 0 Å². The van der Waals surface area contributed by atoms with Gasteiger partial charge in [-0.05, 0) is 44.2 Å². The average Bonchev–Trinajstić information content (AvgIpc) is 2.92. The number of piperidine rings is 1. The van der Waals surface area contributed by atoms with Gasteiger partial charge < -0.3 is 15.7 Å². The number of rotatable bonds is 7. The molecule has 112 valence electrons. The van der Waals surface area contributed by atoms with E-state index in [4.69, 9.17) is 5.11 Å². The predicted octanol–water partition coefficient (Wildman–Crippen LogP) is 2.77. The molecule has 1 aromatic rings. The first-order valence-electron chi connectivity index (χ1n) is 7.40. The highest BCUT2D eigenvalue weighted by Crippen LogP contribution is 2.23. The lowest BCUT2D eigenvalue weighted by Gasteiger charge is -2.28. The topological polar surface area (TPSA) is 61.4 Å². The minimum atomic E-state index is -0.751. The maximum Gasteiger partial charge on any atom is 0.305 e. The van der Waals surface area contributed by atoms with Crippen molar-refractivity contribution in [3.63, 3.8) is 0 Å². The maximum atomic E-state index is 11.0. The van der Waals surface area contributed by atoms with Gasteiger partial charge in [0, 0.05) is 17.0 Å². The number of nitrogens with one attached hydrogen (secondary N) is 2. The fraction of sp³-hybridized carbons (Fsp3) is 0.667. The van der Waals surface area contributed by atoms with Crippen molar-refractivity contribution in [3.05, 3.63) is 22.4 Å².